The molecule has 0 saturated carbocycles. The van der Waals surface area contributed by atoms with Crippen molar-refractivity contribution in [2.24, 2.45) is 0 Å². The summed E-state index contributed by atoms with van der Waals surface area (Å²) >= 11 is 6.37. The fourth-order valence-corrected chi connectivity index (χ4v) is 6.07. The summed E-state index contributed by atoms with van der Waals surface area (Å²) < 4.78 is 47.6. The van der Waals surface area contributed by atoms with E-state index in [9.17, 15) is 13.2 Å². The molecule has 4 rings (SSSR count). The molecule has 0 bridgehead atoms. The van der Waals surface area contributed by atoms with Crippen LogP contribution in [-0.4, -0.2) is 47.1 Å². The van der Waals surface area contributed by atoms with E-state index < -0.39 is 21.4 Å². The van der Waals surface area contributed by atoms with Crippen LogP contribution in [0, 0.1) is 0 Å². The van der Waals surface area contributed by atoms with Crippen LogP contribution in [0.3, 0.4) is 0 Å². The first-order valence-corrected chi connectivity index (χ1v) is 13.5. The van der Waals surface area contributed by atoms with Crippen LogP contribution in [-0.2, 0) is 10.0 Å². The van der Waals surface area contributed by atoms with Crippen molar-refractivity contribution in [3.63, 3.8) is 0 Å². The first-order chi connectivity index (χ1) is 17.6. The number of hydrogen-bond donors (Lipinski definition) is 2. The molecule has 1 saturated heterocycles. The van der Waals surface area contributed by atoms with Gasteiger partial charge in [-0.1, -0.05) is 41.9 Å². The molecule has 0 unspecified atom stereocenters. The van der Waals surface area contributed by atoms with E-state index >= 15 is 0 Å². The van der Waals surface area contributed by atoms with E-state index in [-0.39, 0.29) is 27.6 Å². The fraction of sp³-hybridized carbons (Fsp3) is 0.296. The third-order valence-electron chi connectivity index (χ3n) is 6.20. The second kappa shape index (κ2) is 10.6. The molecule has 37 heavy (non-hydrogen) atoms. The number of halogens is 1. The van der Waals surface area contributed by atoms with E-state index in [0.29, 0.717) is 28.4 Å². The number of benzene rings is 3. The largest absolute Gasteiger partial charge is 0.493 e. The molecule has 1 fully saturated rings. The summed E-state index contributed by atoms with van der Waals surface area (Å²) in [6.07, 6.45) is 0.785. The Balaban J connectivity index is 1.86. The van der Waals surface area contributed by atoms with Crippen molar-refractivity contribution in [3.05, 3.63) is 65.2 Å². The van der Waals surface area contributed by atoms with Crippen molar-refractivity contribution in [1.82, 2.24) is 5.32 Å². The number of carbonyl (C=O) groups is 1. The van der Waals surface area contributed by atoms with Gasteiger partial charge >= 0.3 is 0 Å². The molecule has 10 heteroatoms. The highest BCUT2D eigenvalue weighted by atomic mass is 35.5. The Morgan fingerprint density at radius 1 is 1.05 bits per heavy atom. The van der Waals surface area contributed by atoms with Crippen molar-refractivity contribution < 1.29 is 27.4 Å². The summed E-state index contributed by atoms with van der Waals surface area (Å²) in [6, 6.07) is 15.1. The molecule has 1 atom stereocenters. The Labute approximate surface area is 221 Å². The van der Waals surface area contributed by atoms with Crippen molar-refractivity contribution in [1.29, 1.82) is 0 Å². The van der Waals surface area contributed by atoms with Crippen molar-refractivity contribution in [2.75, 3.05) is 32.0 Å². The summed E-state index contributed by atoms with van der Waals surface area (Å²) in [6.45, 7) is 4.72. The highest BCUT2D eigenvalue weighted by Crippen LogP contribution is 2.43. The number of ether oxygens (including phenoxy) is 3. The van der Waals surface area contributed by atoms with Crippen LogP contribution in [0.2, 0.25) is 5.02 Å². The second-order valence-electron chi connectivity index (χ2n) is 9.02. The third-order valence-corrected chi connectivity index (χ3v) is 7.98. The number of sulfonamides is 1. The molecule has 0 spiro atoms. The first kappa shape index (κ1) is 26.8. The maximum absolute atomic E-state index is 13.9. The first-order valence-electron chi connectivity index (χ1n) is 11.7. The van der Waals surface area contributed by atoms with Gasteiger partial charge in [-0.25, -0.2) is 8.42 Å². The topological polar surface area (TPSA) is 103 Å². The quantitative estimate of drug-likeness (QED) is 0.359. The number of carbonyl (C=O) groups excluding carboxylic acids is 1. The third kappa shape index (κ3) is 5.53. The van der Waals surface area contributed by atoms with Gasteiger partial charge in [0.15, 0.2) is 17.3 Å². The Bertz CT molecular complexity index is 1420. The molecule has 1 aliphatic rings. The van der Waals surface area contributed by atoms with Gasteiger partial charge in [-0.2, -0.15) is 0 Å². The number of rotatable bonds is 9. The van der Waals surface area contributed by atoms with Crippen LogP contribution in [0.5, 0.6) is 17.2 Å². The van der Waals surface area contributed by atoms with E-state index in [4.69, 9.17) is 25.8 Å². The molecule has 2 N–H and O–H groups in total. The minimum absolute atomic E-state index is 0.0387. The van der Waals surface area contributed by atoms with Crippen LogP contribution in [0.25, 0.3) is 11.1 Å². The zero-order valence-corrected chi connectivity index (χ0v) is 22.6. The van der Waals surface area contributed by atoms with Crippen LogP contribution >= 0.6 is 11.6 Å². The summed E-state index contributed by atoms with van der Waals surface area (Å²) in [4.78, 5) is 12.6. The van der Waals surface area contributed by atoms with Crippen LogP contribution < -0.4 is 24.2 Å². The average Bonchev–Trinajstić information content (AvgIpc) is 3.30. The predicted molar refractivity (Wildman–Crippen MR) is 144 cm³/mol. The van der Waals surface area contributed by atoms with Gasteiger partial charge in [0.2, 0.25) is 0 Å². The standard InChI is InChI=1S/C27H29ClN2O6S/c1-17(31)24-25(35-4)23(34-3)15-20(18-8-6-5-7-9-18)26(24)37(32,33)30-19-10-11-21(28)22(14-19)36-27(2)12-13-29-16-27/h5-11,14-15,29-30H,12-13,16H2,1-4H3/t27-/m1/s1. The summed E-state index contributed by atoms with van der Waals surface area (Å²) in [7, 11) is -1.53. The summed E-state index contributed by atoms with van der Waals surface area (Å²) in [5, 5.41) is 3.61. The number of methoxy groups -OCH3 is 2. The second-order valence-corrected chi connectivity index (χ2v) is 11.0. The molecule has 0 radical (unpaired) electrons. The Kier molecular flexibility index (Phi) is 7.68. The summed E-state index contributed by atoms with van der Waals surface area (Å²) in [5.74, 6) is 0.147. The van der Waals surface area contributed by atoms with E-state index in [2.05, 4.69) is 10.0 Å². The molecule has 0 aliphatic carbocycles. The number of ketones is 1. The highest BCUT2D eigenvalue weighted by molar-refractivity contribution is 7.93. The van der Waals surface area contributed by atoms with Crippen molar-refractivity contribution >= 4 is 33.1 Å². The number of hydrogen-bond acceptors (Lipinski definition) is 7. The molecule has 0 amide bonds. The monoisotopic (exact) mass is 544 g/mol. The molecule has 3 aromatic rings. The summed E-state index contributed by atoms with van der Waals surface area (Å²) in [5.41, 5.74) is 0.548. The Morgan fingerprint density at radius 2 is 1.78 bits per heavy atom. The van der Waals surface area contributed by atoms with E-state index in [1.165, 1.54) is 21.1 Å². The van der Waals surface area contributed by atoms with Crippen LogP contribution in [0.15, 0.2) is 59.5 Å². The van der Waals surface area contributed by atoms with Crippen LogP contribution in [0.1, 0.15) is 30.6 Å². The molecule has 196 valence electrons. The zero-order valence-electron chi connectivity index (χ0n) is 21.1. The number of nitrogens with one attached hydrogen (secondary N) is 2. The van der Waals surface area contributed by atoms with Gasteiger partial charge in [0.05, 0.1) is 30.5 Å². The van der Waals surface area contributed by atoms with Gasteiger partial charge in [0.1, 0.15) is 16.2 Å². The number of anilines is 1. The fourth-order valence-electron chi connectivity index (χ4n) is 4.41. The smallest absolute Gasteiger partial charge is 0.263 e. The van der Waals surface area contributed by atoms with Crippen LogP contribution in [0.4, 0.5) is 5.69 Å². The minimum atomic E-state index is -4.31. The highest BCUT2D eigenvalue weighted by Gasteiger charge is 2.33. The predicted octanol–water partition coefficient (Wildman–Crippen LogP) is 5.16. The van der Waals surface area contributed by atoms with E-state index in [0.717, 1.165) is 13.0 Å². The van der Waals surface area contributed by atoms with E-state index in [1.54, 1.807) is 48.5 Å². The minimum Gasteiger partial charge on any atom is -0.493 e. The van der Waals surface area contributed by atoms with Gasteiger partial charge in [0.25, 0.3) is 10.0 Å². The zero-order chi connectivity index (χ0) is 26.8. The number of Topliss-reactive ketones (excluding diaryl/α,β-unsaturated/α-hetero) is 1. The average molecular weight is 545 g/mol. The Morgan fingerprint density at radius 3 is 2.38 bits per heavy atom. The van der Waals surface area contributed by atoms with Gasteiger partial charge < -0.3 is 19.5 Å². The lowest BCUT2D eigenvalue weighted by atomic mass is 9.99. The molecule has 3 aromatic carbocycles. The molecule has 1 aliphatic heterocycles. The molecular formula is C27H29ClN2O6S. The maximum atomic E-state index is 13.9. The van der Waals surface area contributed by atoms with Gasteiger partial charge in [-0.3, -0.25) is 9.52 Å². The van der Waals surface area contributed by atoms with E-state index in [1.807, 2.05) is 13.0 Å². The molecule has 8 nitrogen and oxygen atoms in total. The molecule has 1 heterocycles. The lowest BCUT2D eigenvalue weighted by molar-refractivity contribution is 0.101. The van der Waals surface area contributed by atoms with Gasteiger partial charge in [-0.15, -0.1) is 0 Å². The molecular weight excluding hydrogens is 516 g/mol. The van der Waals surface area contributed by atoms with Gasteiger partial charge in [0, 0.05) is 24.6 Å². The van der Waals surface area contributed by atoms with Gasteiger partial charge in [-0.05, 0) is 44.2 Å². The lowest BCUT2D eigenvalue weighted by Crippen LogP contribution is -2.34. The van der Waals surface area contributed by atoms with Crippen molar-refractivity contribution in [2.45, 2.75) is 30.8 Å². The normalized spacial score (nSPS) is 17.3. The lowest BCUT2D eigenvalue weighted by Gasteiger charge is -2.26. The molecule has 0 aromatic heterocycles. The Hall–Kier alpha value is -3.27. The SMILES string of the molecule is COc1cc(-c2ccccc2)c(S(=O)(=O)Nc2ccc(Cl)c(O[C@]3(C)CCNC3)c2)c(C(C)=O)c1OC. The van der Waals surface area contributed by atoms with Crippen molar-refractivity contribution in [3.8, 4) is 28.4 Å². The maximum Gasteiger partial charge on any atom is 0.263 e.